The SMILES string of the molecule is P.[K+].[K+].[O]=[Mo](=[O])([O-])[O-]. The summed E-state index contributed by atoms with van der Waals surface area (Å²) in [5.41, 5.74) is 0. The summed E-state index contributed by atoms with van der Waals surface area (Å²) in [6, 6.07) is 0. The molecule has 4 nitrogen and oxygen atoms in total. The van der Waals surface area contributed by atoms with E-state index < -0.39 is 16.7 Å². The molecule has 0 bridgehead atoms. The molecule has 0 aromatic rings. The van der Waals surface area contributed by atoms with Crippen molar-refractivity contribution in [3.05, 3.63) is 0 Å². The Morgan fingerprint density at radius 1 is 1.00 bits per heavy atom. The normalized spacial score (nSPS) is 7.25. The third kappa shape index (κ3) is 51.5. The van der Waals surface area contributed by atoms with Crippen LogP contribution < -0.4 is 110 Å². The van der Waals surface area contributed by atoms with E-state index in [1.165, 1.54) is 0 Å². The third-order valence-corrected chi connectivity index (χ3v) is 0. The molecule has 40 valence electrons. The van der Waals surface area contributed by atoms with Gasteiger partial charge in [-0.3, -0.25) is 0 Å². The van der Waals surface area contributed by atoms with Crippen molar-refractivity contribution in [2.24, 2.45) is 0 Å². The van der Waals surface area contributed by atoms with Gasteiger partial charge in [0.2, 0.25) is 0 Å². The van der Waals surface area contributed by atoms with E-state index in [0.717, 1.165) is 0 Å². The molecule has 0 aliphatic rings. The van der Waals surface area contributed by atoms with E-state index in [0.29, 0.717) is 0 Å². The average molecular weight is 272 g/mol. The Kier molecular flexibility index (Phi) is 30.9. The van der Waals surface area contributed by atoms with Crippen LogP contribution in [0.3, 0.4) is 0 Å². The molecular formula is H3K2MoO4P. The van der Waals surface area contributed by atoms with Gasteiger partial charge in [-0.15, -0.1) is 0 Å². The van der Waals surface area contributed by atoms with E-state index in [9.17, 15) is 0 Å². The molecule has 0 aliphatic heterocycles. The van der Waals surface area contributed by atoms with Crippen LogP contribution in [-0.2, 0) is 23.5 Å². The Labute approximate surface area is 139 Å². The zero-order valence-corrected chi connectivity index (χ0v) is 14.4. The van der Waals surface area contributed by atoms with Gasteiger partial charge >= 0.3 is 134 Å². The average Bonchev–Trinajstić information content (AvgIpc) is 0.722. The fourth-order valence-corrected chi connectivity index (χ4v) is 0. The van der Waals surface area contributed by atoms with Crippen molar-refractivity contribution in [3.63, 3.8) is 0 Å². The summed E-state index contributed by atoms with van der Waals surface area (Å²) in [5, 5.41) is 0. The fourth-order valence-electron chi connectivity index (χ4n) is 0. The molecule has 1 unspecified atom stereocenters. The summed E-state index contributed by atoms with van der Waals surface area (Å²) in [6.45, 7) is 0. The van der Waals surface area contributed by atoms with Gasteiger partial charge in [0.05, 0.1) is 0 Å². The van der Waals surface area contributed by atoms with Gasteiger partial charge in [0.25, 0.3) is 0 Å². The molecule has 0 aromatic heterocycles. The molecule has 0 spiro atoms. The first-order valence-corrected chi connectivity index (χ1v) is 3.94. The topological polar surface area (TPSA) is 80.3 Å². The quantitative estimate of drug-likeness (QED) is 0.324. The third-order valence-electron chi connectivity index (χ3n) is 0. The summed E-state index contributed by atoms with van der Waals surface area (Å²) in [6.07, 6.45) is 0. The second-order valence-electron chi connectivity index (χ2n) is 0.408. The first-order valence-electron chi connectivity index (χ1n) is 0.667. The molecule has 0 saturated heterocycles. The van der Waals surface area contributed by atoms with Gasteiger partial charge < -0.3 is 0 Å². The van der Waals surface area contributed by atoms with Crippen molar-refractivity contribution < 1.29 is 134 Å². The van der Waals surface area contributed by atoms with Gasteiger partial charge in [-0.1, -0.05) is 0 Å². The van der Waals surface area contributed by atoms with Crippen molar-refractivity contribution in [2.45, 2.75) is 0 Å². The van der Waals surface area contributed by atoms with Crippen LogP contribution in [0.2, 0.25) is 0 Å². The van der Waals surface area contributed by atoms with Crippen molar-refractivity contribution in [2.75, 3.05) is 0 Å². The van der Waals surface area contributed by atoms with Crippen molar-refractivity contribution in [1.29, 1.82) is 0 Å². The molecule has 0 aromatic carbocycles. The van der Waals surface area contributed by atoms with Crippen LogP contribution in [-0.4, -0.2) is 0 Å². The number of hydrogen-bond acceptors (Lipinski definition) is 4. The summed E-state index contributed by atoms with van der Waals surface area (Å²) in [5.74, 6) is 0. The van der Waals surface area contributed by atoms with Crippen LogP contribution in [0.4, 0.5) is 0 Å². The molecule has 0 N–H and O–H groups in total. The predicted molar refractivity (Wildman–Crippen MR) is 12.5 cm³/mol. The summed E-state index contributed by atoms with van der Waals surface area (Å²) in [7, 11) is 0. The molecule has 0 saturated carbocycles. The van der Waals surface area contributed by atoms with Crippen LogP contribution >= 0.6 is 9.90 Å². The second-order valence-corrected chi connectivity index (χ2v) is 2.42. The molecule has 0 heterocycles. The van der Waals surface area contributed by atoms with E-state index >= 15 is 0 Å². The molecule has 0 amide bonds. The Morgan fingerprint density at radius 3 is 1.00 bits per heavy atom. The molecule has 0 rings (SSSR count). The van der Waals surface area contributed by atoms with Crippen LogP contribution in [0.1, 0.15) is 0 Å². The summed E-state index contributed by atoms with van der Waals surface area (Å²) >= 11 is -6.02. The molecule has 8 heteroatoms. The predicted octanol–water partition coefficient (Wildman–Crippen LogP) is -8.55. The van der Waals surface area contributed by atoms with Gasteiger partial charge in [-0.25, -0.2) is 0 Å². The first kappa shape index (κ1) is 22.7. The first-order chi connectivity index (χ1) is 2.00. The Morgan fingerprint density at radius 2 is 1.00 bits per heavy atom. The van der Waals surface area contributed by atoms with Crippen molar-refractivity contribution >= 4 is 9.90 Å². The van der Waals surface area contributed by atoms with Gasteiger partial charge in [0, 0.05) is 0 Å². The summed E-state index contributed by atoms with van der Waals surface area (Å²) in [4.78, 5) is 0. The van der Waals surface area contributed by atoms with Gasteiger partial charge in [-0.2, -0.15) is 9.90 Å². The second kappa shape index (κ2) is 10.9. The van der Waals surface area contributed by atoms with Gasteiger partial charge in [0.15, 0.2) is 0 Å². The Balaban J connectivity index is -0.0000000267. The molecule has 0 fully saturated rings. The molecule has 0 radical (unpaired) electrons. The van der Waals surface area contributed by atoms with E-state index in [1.54, 1.807) is 0 Å². The van der Waals surface area contributed by atoms with Crippen LogP contribution in [0.5, 0.6) is 0 Å². The van der Waals surface area contributed by atoms with E-state index in [1.807, 2.05) is 0 Å². The monoisotopic (exact) mass is 274 g/mol. The van der Waals surface area contributed by atoms with E-state index in [4.69, 9.17) is 14.3 Å². The Bertz CT molecular complexity index is 97.2. The summed E-state index contributed by atoms with van der Waals surface area (Å²) < 4.78 is 34.5. The van der Waals surface area contributed by atoms with E-state index in [2.05, 4.69) is 0 Å². The fraction of sp³-hybridized carbons (Fsp3) is 0. The van der Waals surface area contributed by atoms with Crippen LogP contribution in [0.15, 0.2) is 0 Å². The minimum absolute atomic E-state index is 0. The zero-order valence-electron chi connectivity index (χ0n) is 4.75. The van der Waals surface area contributed by atoms with Crippen LogP contribution in [0.25, 0.3) is 0 Å². The number of rotatable bonds is 0. The Hall–Kier alpha value is 3.91. The van der Waals surface area contributed by atoms with Crippen molar-refractivity contribution in [3.8, 4) is 0 Å². The van der Waals surface area contributed by atoms with Crippen molar-refractivity contribution in [1.82, 2.24) is 0 Å². The number of hydrogen-bond donors (Lipinski definition) is 0. The maximum absolute atomic E-state index is 8.63. The maximum atomic E-state index is 8.63. The van der Waals surface area contributed by atoms with Crippen LogP contribution in [0, 0.1) is 0 Å². The van der Waals surface area contributed by atoms with E-state index in [-0.39, 0.29) is 113 Å². The molecular weight excluding hydrogens is 269 g/mol. The molecule has 1 atom stereocenters. The molecule has 0 aliphatic carbocycles. The zero-order chi connectivity index (χ0) is 4.50. The molecule has 8 heavy (non-hydrogen) atoms. The van der Waals surface area contributed by atoms with Gasteiger partial charge in [-0.05, 0) is 0 Å². The minimum atomic E-state index is -6.02. The van der Waals surface area contributed by atoms with Gasteiger partial charge in [0.1, 0.15) is 0 Å². The standard InChI is InChI=1S/2K.Mo.4O.H3P/h;;;;;;;1H3/q2*+1;;;;2*-1;.